The van der Waals surface area contributed by atoms with Crippen LogP contribution >= 0.6 is 11.8 Å². The summed E-state index contributed by atoms with van der Waals surface area (Å²) in [6.07, 6.45) is 2.26. The molecule has 1 aliphatic heterocycles. The number of carbonyl (C=O) groups is 2. The zero-order valence-corrected chi connectivity index (χ0v) is 21.5. The highest BCUT2D eigenvalue weighted by Crippen LogP contribution is 2.73. The fourth-order valence-corrected chi connectivity index (χ4v) is 9.24. The molecule has 0 bridgehead atoms. The Morgan fingerprint density at radius 1 is 1.30 bits per heavy atom. The predicted octanol–water partition coefficient (Wildman–Crippen LogP) is 4.50. The third-order valence-corrected chi connectivity index (χ3v) is 10.8. The van der Waals surface area contributed by atoms with Crippen molar-refractivity contribution in [3.8, 4) is 0 Å². The molecule has 4 fully saturated rings. The summed E-state index contributed by atoms with van der Waals surface area (Å²) < 4.78 is 52.0. The molecule has 0 aromatic carbocycles. The van der Waals surface area contributed by atoms with Crippen molar-refractivity contribution in [2.45, 2.75) is 63.2 Å². The third-order valence-electron chi connectivity index (χ3n) is 10.1. The minimum Gasteiger partial charge on any atom is -0.468 e. The lowest BCUT2D eigenvalue weighted by Gasteiger charge is -2.63. The summed E-state index contributed by atoms with van der Waals surface area (Å²) in [7, 11) is 0. The second-order valence-corrected chi connectivity index (χ2v) is 12.4. The van der Waals surface area contributed by atoms with Crippen molar-refractivity contribution in [3.05, 3.63) is 48.0 Å². The number of carbonyl (C=O) groups excluding carboxylic acids is 2. The zero-order chi connectivity index (χ0) is 26.4. The molecule has 200 valence electrons. The molecular formula is C27H30F3NO5S. The van der Waals surface area contributed by atoms with Crippen molar-refractivity contribution in [3.63, 3.8) is 0 Å². The number of halogens is 3. The molecule has 6 nitrogen and oxygen atoms in total. The Bertz CT molecular complexity index is 1190. The van der Waals surface area contributed by atoms with Crippen molar-refractivity contribution in [2.75, 3.05) is 12.6 Å². The maximum atomic E-state index is 17.4. The van der Waals surface area contributed by atoms with Gasteiger partial charge in [-0.25, -0.2) is 13.2 Å². The molecule has 0 amide bonds. The van der Waals surface area contributed by atoms with Crippen LogP contribution in [0.3, 0.4) is 0 Å². The zero-order valence-electron chi connectivity index (χ0n) is 20.7. The number of hydroxylamine groups is 2. The Labute approximate surface area is 217 Å². The summed E-state index contributed by atoms with van der Waals surface area (Å²) in [5, 5.41) is 12.7. The van der Waals surface area contributed by atoms with Gasteiger partial charge in [0.05, 0.1) is 18.9 Å². The number of fused-ring (bicyclic) bond motifs is 7. The monoisotopic (exact) mass is 537 g/mol. The van der Waals surface area contributed by atoms with Gasteiger partial charge in [0.25, 0.3) is 0 Å². The minimum atomic E-state index is -2.24. The number of hydrogen-bond acceptors (Lipinski definition) is 7. The Morgan fingerprint density at radius 2 is 2.08 bits per heavy atom. The second-order valence-electron chi connectivity index (χ2n) is 11.6. The molecule has 37 heavy (non-hydrogen) atoms. The molecule has 9 atom stereocenters. The molecule has 1 aromatic heterocycles. The Hall–Kier alpha value is -1.88. The maximum absolute atomic E-state index is 17.4. The topological polar surface area (TPSA) is 80.0 Å². The molecule has 1 aromatic rings. The van der Waals surface area contributed by atoms with Gasteiger partial charge in [-0.3, -0.25) is 14.4 Å². The van der Waals surface area contributed by atoms with Crippen LogP contribution in [0.4, 0.5) is 13.2 Å². The van der Waals surface area contributed by atoms with Crippen LogP contribution in [0.25, 0.3) is 0 Å². The van der Waals surface area contributed by atoms with Crippen LogP contribution in [0.1, 0.15) is 38.9 Å². The van der Waals surface area contributed by atoms with Crippen molar-refractivity contribution >= 4 is 22.7 Å². The molecule has 1 unspecified atom stereocenters. The standard InChI is InChI=1S/C27H30F3NO5S/c1-24-6-5-16(32)9-20(24)21(29)10-19-18-8-15-12-31(13-17-4-3-7-35-17)36-27(15,23(34)37-14-28)25(18,2)11-22(33)26(19,24)30/h3-7,9,15,18-19,21-22,33H,8,10-14H2,1-2H3/t15-,18?,19-,21-,22-,24-,25-,26-,27-/m0/s1. The number of furan rings is 1. The Kier molecular flexibility index (Phi) is 5.70. The van der Waals surface area contributed by atoms with Gasteiger partial charge in [0.15, 0.2) is 17.1 Å². The van der Waals surface area contributed by atoms with Crippen LogP contribution in [-0.4, -0.2) is 57.2 Å². The number of rotatable bonds is 4. The van der Waals surface area contributed by atoms with Gasteiger partial charge >= 0.3 is 0 Å². The van der Waals surface area contributed by atoms with Crippen LogP contribution in [-0.2, 0) is 21.0 Å². The highest BCUT2D eigenvalue weighted by atomic mass is 32.2. The number of aliphatic hydroxyl groups is 1. The van der Waals surface area contributed by atoms with E-state index in [1.165, 1.54) is 18.4 Å². The van der Waals surface area contributed by atoms with E-state index in [0.29, 0.717) is 30.5 Å². The van der Waals surface area contributed by atoms with E-state index in [-0.39, 0.29) is 25.0 Å². The number of aliphatic hydroxyl groups excluding tert-OH is 1. The van der Waals surface area contributed by atoms with Crippen LogP contribution in [0.2, 0.25) is 0 Å². The molecule has 2 heterocycles. The van der Waals surface area contributed by atoms with Crippen LogP contribution in [0, 0.1) is 28.6 Å². The molecular weight excluding hydrogens is 507 g/mol. The van der Waals surface area contributed by atoms with Gasteiger partial charge in [0.2, 0.25) is 5.12 Å². The van der Waals surface area contributed by atoms with Gasteiger partial charge in [-0.15, -0.1) is 0 Å². The van der Waals surface area contributed by atoms with Gasteiger partial charge in [-0.2, -0.15) is 5.06 Å². The highest BCUT2D eigenvalue weighted by molar-refractivity contribution is 8.13. The average Bonchev–Trinajstić information content (AvgIpc) is 3.54. The van der Waals surface area contributed by atoms with E-state index in [0.717, 1.165) is 6.08 Å². The van der Waals surface area contributed by atoms with E-state index in [9.17, 15) is 19.1 Å². The fraction of sp³-hybridized carbons (Fsp3) is 0.630. The Balaban J connectivity index is 1.42. The van der Waals surface area contributed by atoms with Gasteiger partial charge in [0, 0.05) is 29.2 Å². The molecule has 0 radical (unpaired) electrons. The number of alkyl halides is 3. The molecule has 10 heteroatoms. The quantitative estimate of drug-likeness (QED) is 0.606. The summed E-state index contributed by atoms with van der Waals surface area (Å²) in [4.78, 5) is 32.1. The molecule has 1 N–H and O–H groups in total. The molecule has 6 rings (SSSR count). The van der Waals surface area contributed by atoms with Crippen molar-refractivity contribution in [1.29, 1.82) is 0 Å². The van der Waals surface area contributed by atoms with Crippen LogP contribution < -0.4 is 0 Å². The summed E-state index contributed by atoms with van der Waals surface area (Å²) in [6, 6.07) is 2.59. The first-order chi connectivity index (χ1) is 17.5. The normalized spacial score (nSPS) is 46.7. The predicted molar refractivity (Wildman–Crippen MR) is 129 cm³/mol. The number of allylic oxidation sites excluding steroid dienone is 4. The molecule has 3 saturated carbocycles. The number of nitrogens with zero attached hydrogens (tertiary/aromatic N) is 1. The first kappa shape index (κ1) is 25.4. The van der Waals surface area contributed by atoms with Crippen molar-refractivity contribution < 1.29 is 37.1 Å². The number of hydrogen-bond donors (Lipinski definition) is 1. The van der Waals surface area contributed by atoms with Gasteiger partial charge in [-0.1, -0.05) is 24.8 Å². The van der Waals surface area contributed by atoms with Gasteiger partial charge in [0.1, 0.15) is 17.9 Å². The van der Waals surface area contributed by atoms with E-state index < -0.39 is 69.0 Å². The molecule has 1 saturated heterocycles. The number of ketones is 1. The summed E-state index contributed by atoms with van der Waals surface area (Å²) in [5.41, 5.74) is -6.25. The van der Waals surface area contributed by atoms with Crippen LogP contribution in [0.5, 0.6) is 0 Å². The largest absolute Gasteiger partial charge is 0.468 e. The fourth-order valence-electron chi connectivity index (χ4n) is 8.49. The van der Waals surface area contributed by atoms with E-state index in [1.807, 2.05) is 0 Å². The summed E-state index contributed by atoms with van der Waals surface area (Å²) in [5.74, 6) is -1.59. The maximum Gasteiger partial charge on any atom is 0.226 e. The van der Waals surface area contributed by atoms with E-state index in [1.54, 1.807) is 31.0 Å². The van der Waals surface area contributed by atoms with E-state index >= 15 is 8.78 Å². The summed E-state index contributed by atoms with van der Waals surface area (Å²) >= 11 is 0.520. The molecule has 0 spiro atoms. The van der Waals surface area contributed by atoms with Crippen LogP contribution in [0.15, 0.2) is 46.6 Å². The third kappa shape index (κ3) is 3.13. The van der Waals surface area contributed by atoms with Gasteiger partial charge in [-0.05, 0) is 62.0 Å². The number of thioether (sulfide) groups is 1. The minimum absolute atomic E-state index is 0.0549. The average molecular weight is 538 g/mol. The molecule has 5 aliphatic rings. The van der Waals surface area contributed by atoms with Crippen molar-refractivity contribution in [2.24, 2.45) is 28.6 Å². The van der Waals surface area contributed by atoms with Gasteiger partial charge < -0.3 is 9.52 Å². The molecule has 4 aliphatic carbocycles. The highest BCUT2D eigenvalue weighted by Gasteiger charge is 2.79. The lowest BCUT2D eigenvalue weighted by atomic mass is 9.44. The summed E-state index contributed by atoms with van der Waals surface area (Å²) in [6.45, 7) is 3.96. The van der Waals surface area contributed by atoms with E-state index in [2.05, 4.69) is 0 Å². The van der Waals surface area contributed by atoms with Crippen molar-refractivity contribution in [1.82, 2.24) is 5.06 Å². The van der Waals surface area contributed by atoms with E-state index in [4.69, 9.17) is 9.25 Å². The SMILES string of the molecule is C[C@]12C=CC(=O)C=C1[C@@H](F)C[C@H]1C3C[C@H]4CN(Cc5ccco5)O[C@@]4(C(=O)SCF)[C@@]3(C)C[C@H](O)[C@@]12F. The Morgan fingerprint density at radius 3 is 2.78 bits per heavy atom. The lowest BCUT2D eigenvalue weighted by Crippen LogP contribution is -2.70. The first-order valence-corrected chi connectivity index (χ1v) is 13.7. The second kappa shape index (κ2) is 8.31. The smallest absolute Gasteiger partial charge is 0.226 e. The first-order valence-electron chi connectivity index (χ1n) is 12.7. The lowest BCUT2D eigenvalue weighted by molar-refractivity contribution is -0.266.